The third kappa shape index (κ3) is 3.45. The van der Waals surface area contributed by atoms with Gasteiger partial charge < -0.3 is 10.0 Å². The lowest BCUT2D eigenvalue weighted by molar-refractivity contribution is -0.386. The van der Waals surface area contributed by atoms with E-state index in [4.69, 9.17) is 5.11 Å². The van der Waals surface area contributed by atoms with Gasteiger partial charge in [-0.05, 0) is 18.8 Å². The van der Waals surface area contributed by atoms with Gasteiger partial charge in [-0.25, -0.2) is 4.39 Å². The SMILES string of the molecule is O=C(O)CC1CCCN(c2cc(F)cc(F)c2[N+](=O)[O-])C1. The van der Waals surface area contributed by atoms with Crippen molar-refractivity contribution in [2.75, 3.05) is 18.0 Å². The van der Waals surface area contributed by atoms with Gasteiger partial charge in [0, 0.05) is 31.6 Å². The maximum atomic E-state index is 13.6. The van der Waals surface area contributed by atoms with E-state index in [1.165, 1.54) is 4.90 Å². The van der Waals surface area contributed by atoms with Gasteiger partial charge in [-0.3, -0.25) is 14.9 Å². The number of carboxylic acids is 1. The van der Waals surface area contributed by atoms with Gasteiger partial charge in [0.05, 0.1) is 4.92 Å². The molecule has 1 aromatic carbocycles. The molecule has 1 aliphatic heterocycles. The molecule has 0 aromatic heterocycles. The first-order chi connectivity index (χ1) is 9.88. The van der Waals surface area contributed by atoms with E-state index in [1.54, 1.807) is 0 Å². The molecule has 0 bridgehead atoms. The maximum absolute atomic E-state index is 13.6. The largest absolute Gasteiger partial charge is 0.481 e. The predicted molar refractivity (Wildman–Crippen MR) is 70.2 cm³/mol. The van der Waals surface area contributed by atoms with Crippen LogP contribution >= 0.6 is 0 Å². The van der Waals surface area contributed by atoms with E-state index < -0.39 is 28.2 Å². The van der Waals surface area contributed by atoms with Crippen molar-refractivity contribution < 1.29 is 23.6 Å². The van der Waals surface area contributed by atoms with E-state index in [1.807, 2.05) is 0 Å². The number of carbonyl (C=O) groups is 1. The average Bonchev–Trinajstić information content (AvgIpc) is 2.36. The first-order valence-electron chi connectivity index (χ1n) is 6.48. The third-order valence-electron chi connectivity index (χ3n) is 3.51. The Morgan fingerprint density at radius 1 is 1.48 bits per heavy atom. The van der Waals surface area contributed by atoms with Gasteiger partial charge in [0.2, 0.25) is 5.82 Å². The fourth-order valence-corrected chi connectivity index (χ4v) is 2.67. The number of anilines is 1. The van der Waals surface area contributed by atoms with Gasteiger partial charge in [0.25, 0.3) is 0 Å². The summed E-state index contributed by atoms with van der Waals surface area (Å²) in [7, 11) is 0. The van der Waals surface area contributed by atoms with Crippen LogP contribution in [0.25, 0.3) is 0 Å². The highest BCUT2D eigenvalue weighted by molar-refractivity contribution is 5.68. The Bertz CT molecular complexity index is 580. The minimum atomic E-state index is -1.23. The third-order valence-corrected chi connectivity index (χ3v) is 3.51. The highest BCUT2D eigenvalue weighted by Crippen LogP contribution is 2.35. The van der Waals surface area contributed by atoms with E-state index in [9.17, 15) is 23.7 Å². The standard InChI is InChI=1S/C13H14F2N2O4/c14-9-5-10(15)13(17(20)21)11(6-9)16-3-1-2-8(7-16)4-12(18)19/h5-6,8H,1-4,7H2,(H,18,19). The molecule has 1 fully saturated rings. The average molecular weight is 300 g/mol. The molecule has 0 spiro atoms. The van der Waals surface area contributed by atoms with Gasteiger partial charge in [-0.2, -0.15) is 4.39 Å². The number of piperidine rings is 1. The molecule has 21 heavy (non-hydrogen) atoms. The van der Waals surface area contributed by atoms with Crippen LogP contribution in [-0.2, 0) is 4.79 Å². The number of aliphatic carboxylic acids is 1. The van der Waals surface area contributed by atoms with E-state index in [0.717, 1.165) is 6.07 Å². The van der Waals surface area contributed by atoms with E-state index in [2.05, 4.69) is 0 Å². The summed E-state index contributed by atoms with van der Waals surface area (Å²) in [5.74, 6) is -3.27. The fourth-order valence-electron chi connectivity index (χ4n) is 2.67. The Morgan fingerprint density at radius 3 is 2.81 bits per heavy atom. The van der Waals surface area contributed by atoms with Crippen molar-refractivity contribution in [3.05, 3.63) is 33.9 Å². The Morgan fingerprint density at radius 2 is 2.19 bits per heavy atom. The minimum absolute atomic E-state index is 0.0674. The zero-order valence-electron chi connectivity index (χ0n) is 11.1. The molecule has 114 valence electrons. The van der Waals surface area contributed by atoms with Crippen LogP contribution in [-0.4, -0.2) is 29.1 Å². The summed E-state index contributed by atoms with van der Waals surface area (Å²) in [5, 5.41) is 19.8. The van der Waals surface area contributed by atoms with Crippen molar-refractivity contribution >= 4 is 17.3 Å². The summed E-state index contributed by atoms with van der Waals surface area (Å²) in [5.41, 5.74) is -0.903. The maximum Gasteiger partial charge on any atom is 0.328 e. The van der Waals surface area contributed by atoms with E-state index >= 15 is 0 Å². The topological polar surface area (TPSA) is 83.7 Å². The van der Waals surface area contributed by atoms with E-state index in [-0.39, 0.29) is 24.6 Å². The number of carboxylic acid groups (broad SMARTS) is 1. The summed E-state index contributed by atoms with van der Waals surface area (Å²) in [6.07, 6.45) is 1.23. The van der Waals surface area contributed by atoms with Crippen molar-refractivity contribution in [1.82, 2.24) is 0 Å². The first-order valence-corrected chi connectivity index (χ1v) is 6.48. The molecule has 1 aliphatic rings. The first kappa shape index (κ1) is 15.1. The van der Waals surface area contributed by atoms with Gasteiger partial charge in [-0.15, -0.1) is 0 Å². The molecule has 1 unspecified atom stereocenters. The van der Waals surface area contributed by atoms with Gasteiger partial charge >= 0.3 is 11.7 Å². The number of nitro benzene ring substituents is 1. The Balaban J connectivity index is 2.32. The summed E-state index contributed by atoms with van der Waals surface area (Å²) in [4.78, 5) is 22.3. The van der Waals surface area contributed by atoms with Crippen LogP contribution in [0.5, 0.6) is 0 Å². The van der Waals surface area contributed by atoms with Gasteiger partial charge in [0.1, 0.15) is 11.5 Å². The molecule has 1 atom stereocenters. The number of halogens is 2. The van der Waals surface area contributed by atoms with Crippen LogP contribution in [0.1, 0.15) is 19.3 Å². The zero-order valence-corrected chi connectivity index (χ0v) is 11.1. The highest BCUT2D eigenvalue weighted by atomic mass is 19.1. The lowest BCUT2D eigenvalue weighted by Gasteiger charge is -2.33. The van der Waals surface area contributed by atoms with Crippen molar-refractivity contribution in [2.24, 2.45) is 5.92 Å². The zero-order chi connectivity index (χ0) is 15.6. The van der Waals surface area contributed by atoms with Gasteiger partial charge in [0.15, 0.2) is 0 Å². The van der Waals surface area contributed by atoms with Crippen LogP contribution in [0, 0.1) is 27.7 Å². The fraction of sp³-hybridized carbons (Fsp3) is 0.462. The highest BCUT2D eigenvalue weighted by Gasteiger charge is 2.30. The molecule has 0 saturated carbocycles. The number of rotatable bonds is 4. The number of hydrogen-bond acceptors (Lipinski definition) is 4. The second-order valence-electron chi connectivity index (χ2n) is 5.06. The van der Waals surface area contributed by atoms with E-state index in [0.29, 0.717) is 25.5 Å². The van der Waals surface area contributed by atoms with Crippen LogP contribution in [0.3, 0.4) is 0 Å². The number of hydrogen-bond donors (Lipinski definition) is 1. The molecule has 2 rings (SSSR count). The normalized spacial score (nSPS) is 18.6. The van der Waals surface area contributed by atoms with Crippen LogP contribution in [0.4, 0.5) is 20.2 Å². The van der Waals surface area contributed by atoms with Crippen LogP contribution in [0.2, 0.25) is 0 Å². The molecule has 1 saturated heterocycles. The lowest BCUT2D eigenvalue weighted by atomic mass is 9.94. The summed E-state index contributed by atoms with van der Waals surface area (Å²) in [6, 6.07) is 1.39. The van der Waals surface area contributed by atoms with Gasteiger partial charge in [-0.1, -0.05) is 0 Å². The van der Waals surface area contributed by atoms with Crippen LogP contribution in [0.15, 0.2) is 12.1 Å². The predicted octanol–water partition coefficient (Wildman–Crippen LogP) is 2.56. The second kappa shape index (κ2) is 6.02. The molecule has 8 heteroatoms. The minimum Gasteiger partial charge on any atom is -0.481 e. The Labute approximate surface area is 119 Å². The lowest BCUT2D eigenvalue weighted by Crippen LogP contribution is -2.36. The smallest absolute Gasteiger partial charge is 0.328 e. The van der Waals surface area contributed by atoms with Crippen LogP contribution < -0.4 is 4.90 Å². The molecule has 6 nitrogen and oxygen atoms in total. The monoisotopic (exact) mass is 300 g/mol. The van der Waals surface area contributed by atoms with Crippen molar-refractivity contribution in [2.45, 2.75) is 19.3 Å². The van der Waals surface area contributed by atoms with Crippen molar-refractivity contribution in [3.63, 3.8) is 0 Å². The number of benzene rings is 1. The Hall–Kier alpha value is -2.25. The summed E-state index contributed by atoms with van der Waals surface area (Å²) < 4.78 is 27.0. The summed E-state index contributed by atoms with van der Waals surface area (Å²) in [6.45, 7) is 0.635. The summed E-state index contributed by atoms with van der Waals surface area (Å²) >= 11 is 0. The quantitative estimate of drug-likeness (QED) is 0.682. The molecular formula is C13H14F2N2O4. The van der Waals surface area contributed by atoms with Crippen molar-refractivity contribution in [3.8, 4) is 0 Å². The Kier molecular flexibility index (Phi) is 4.35. The molecular weight excluding hydrogens is 286 g/mol. The molecule has 0 aliphatic carbocycles. The number of nitrogens with zero attached hydrogens (tertiary/aromatic N) is 2. The second-order valence-corrected chi connectivity index (χ2v) is 5.06. The molecule has 1 aromatic rings. The molecule has 1 N–H and O–H groups in total. The molecule has 1 heterocycles. The molecule has 0 radical (unpaired) electrons. The van der Waals surface area contributed by atoms with Crippen molar-refractivity contribution in [1.29, 1.82) is 0 Å². The number of nitro groups is 1. The molecule has 0 amide bonds.